The molecule has 0 saturated carbocycles. The van der Waals surface area contributed by atoms with Crippen molar-refractivity contribution in [2.75, 3.05) is 22.9 Å². The molecule has 0 aromatic heterocycles. The van der Waals surface area contributed by atoms with Crippen molar-refractivity contribution < 1.29 is 28.2 Å². The fourth-order valence-electron chi connectivity index (χ4n) is 2.60. The summed E-state index contributed by atoms with van der Waals surface area (Å²) >= 11 is 0. The summed E-state index contributed by atoms with van der Waals surface area (Å²) in [6.07, 6.45) is -2.25. The van der Waals surface area contributed by atoms with Gasteiger partial charge >= 0.3 is 12.2 Å². The zero-order valence-electron chi connectivity index (χ0n) is 14.9. The van der Waals surface area contributed by atoms with Gasteiger partial charge in [-0.1, -0.05) is 0 Å². The van der Waals surface area contributed by atoms with E-state index in [0.29, 0.717) is 11.4 Å². The van der Waals surface area contributed by atoms with Crippen molar-refractivity contribution in [3.63, 3.8) is 0 Å². The van der Waals surface area contributed by atoms with Gasteiger partial charge in [0, 0.05) is 24.5 Å². The molecule has 0 unspecified atom stereocenters. The molecule has 0 radical (unpaired) electrons. The lowest BCUT2D eigenvalue weighted by molar-refractivity contribution is 0.201. The Morgan fingerprint density at radius 2 is 1.04 bits per heavy atom. The van der Waals surface area contributed by atoms with Crippen molar-refractivity contribution >= 4 is 33.4 Å². The Morgan fingerprint density at radius 3 is 1.26 bits per heavy atom. The highest BCUT2D eigenvalue weighted by atomic mass is 32.2. The number of rotatable bonds is 6. The van der Waals surface area contributed by atoms with Crippen molar-refractivity contribution in [3.05, 3.63) is 48.5 Å². The highest BCUT2D eigenvalue weighted by Gasteiger charge is 2.20. The van der Waals surface area contributed by atoms with Crippen LogP contribution in [0.4, 0.5) is 21.0 Å². The minimum Gasteiger partial charge on any atom is -0.465 e. The van der Waals surface area contributed by atoms with Gasteiger partial charge in [0.05, 0.1) is 9.79 Å². The molecule has 0 fully saturated rings. The molecule has 9 heteroatoms. The molecule has 144 valence electrons. The molecule has 0 bridgehead atoms. The number of nitrogens with zero attached hydrogens (tertiary/aromatic N) is 2. The Morgan fingerprint density at radius 1 is 0.741 bits per heavy atom. The van der Waals surface area contributed by atoms with Crippen LogP contribution in [0.25, 0.3) is 0 Å². The third kappa shape index (κ3) is 4.20. The number of anilines is 2. The summed E-state index contributed by atoms with van der Waals surface area (Å²) in [6.45, 7) is 3.83. The average Bonchev–Trinajstić information content (AvgIpc) is 2.63. The van der Waals surface area contributed by atoms with E-state index in [4.69, 9.17) is 10.2 Å². The molecule has 27 heavy (non-hydrogen) atoms. The van der Waals surface area contributed by atoms with Crippen LogP contribution in [0, 0.1) is 0 Å². The van der Waals surface area contributed by atoms with Crippen LogP contribution in [-0.4, -0.2) is 43.9 Å². The topological polar surface area (TPSA) is 115 Å². The summed E-state index contributed by atoms with van der Waals surface area (Å²) in [6, 6.07) is 11.1. The summed E-state index contributed by atoms with van der Waals surface area (Å²) in [5.41, 5.74) is 0.749. The van der Waals surface area contributed by atoms with Crippen molar-refractivity contribution in [3.8, 4) is 0 Å². The lowest BCUT2D eigenvalue weighted by atomic mass is 10.3. The van der Waals surface area contributed by atoms with Gasteiger partial charge in [0.25, 0.3) is 0 Å². The number of hydrogen-bond acceptors (Lipinski definition) is 4. The SMILES string of the molecule is CCN(C(=O)O)c1ccc(S(=O)(=O)c2ccc(N(CC)C(=O)O)cc2)cc1. The van der Waals surface area contributed by atoms with E-state index in [-0.39, 0.29) is 22.9 Å². The predicted octanol–water partition coefficient (Wildman–Crippen LogP) is 3.53. The highest BCUT2D eigenvalue weighted by molar-refractivity contribution is 7.91. The lowest BCUT2D eigenvalue weighted by Gasteiger charge is -2.18. The summed E-state index contributed by atoms with van der Waals surface area (Å²) in [5, 5.41) is 18.3. The van der Waals surface area contributed by atoms with Crippen LogP contribution in [0.15, 0.2) is 58.3 Å². The molecule has 0 spiro atoms. The van der Waals surface area contributed by atoms with Crippen LogP contribution in [-0.2, 0) is 9.84 Å². The molecule has 2 rings (SSSR count). The molecule has 2 N–H and O–H groups in total. The molecule has 2 aromatic carbocycles. The largest absolute Gasteiger partial charge is 0.465 e. The highest BCUT2D eigenvalue weighted by Crippen LogP contribution is 2.26. The van der Waals surface area contributed by atoms with Crippen LogP contribution in [0.2, 0.25) is 0 Å². The smallest absolute Gasteiger partial charge is 0.411 e. The van der Waals surface area contributed by atoms with E-state index >= 15 is 0 Å². The Bertz CT molecular complexity index is 852. The van der Waals surface area contributed by atoms with E-state index < -0.39 is 22.0 Å². The Balaban J connectivity index is 2.33. The summed E-state index contributed by atoms with van der Waals surface area (Å²) < 4.78 is 25.5. The molecular weight excluding hydrogens is 372 g/mol. The monoisotopic (exact) mass is 392 g/mol. The Kier molecular flexibility index (Phi) is 6.06. The third-order valence-corrected chi connectivity index (χ3v) is 5.80. The molecule has 0 atom stereocenters. The quantitative estimate of drug-likeness (QED) is 0.777. The normalized spacial score (nSPS) is 11.0. The van der Waals surface area contributed by atoms with Gasteiger partial charge in [0.1, 0.15) is 0 Å². The minimum atomic E-state index is -3.81. The van der Waals surface area contributed by atoms with Gasteiger partial charge in [0.2, 0.25) is 9.84 Å². The van der Waals surface area contributed by atoms with E-state index in [0.717, 1.165) is 9.80 Å². The first-order valence-corrected chi connectivity index (χ1v) is 9.66. The molecule has 2 aromatic rings. The molecule has 8 nitrogen and oxygen atoms in total. The zero-order chi connectivity index (χ0) is 20.2. The van der Waals surface area contributed by atoms with Crippen molar-refractivity contribution in [2.45, 2.75) is 23.6 Å². The van der Waals surface area contributed by atoms with Gasteiger partial charge in [-0.15, -0.1) is 0 Å². The maximum absolute atomic E-state index is 12.7. The van der Waals surface area contributed by atoms with E-state index in [9.17, 15) is 18.0 Å². The number of hydrogen-bond donors (Lipinski definition) is 2. The van der Waals surface area contributed by atoms with Crippen LogP contribution in [0.5, 0.6) is 0 Å². The maximum Gasteiger partial charge on any atom is 0.411 e. The maximum atomic E-state index is 12.7. The molecule has 0 heterocycles. The van der Waals surface area contributed by atoms with Crippen LogP contribution in [0.1, 0.15) is 13.8 Å². The van der Waals surface area contributed by atoms with E-state index in [1.807, 2.05) is 0 Å². The van der Waals surface area contributed by atoms with Gasteiger partial charge in [-0.05, 0) is 62.4 Å². The second-order valence-electron chi connectivity index (χ2n) is 5.54. The number of carboxylic acid groups (broad SMARTS) is 2. The summed E-state index contributed by atoms with van der Waals surface area (Å²) in [7, 11) is -3.81. The average molecular weight is 392 g/mol. The fourth-order valence-corrected chi connectivity index (χ4v) is 3.86. The van der Waals surface area contributed by atoms with Gasteiger partial charge in [-0.3, -0.25) is 9.80 Å². The van der Waals surface area contributed by atoms with Gasteiger partial charge in [-0.25, -0.2) is 18.0 Å². The summed E-state index contributed by atoms with van der Waals surface area (Å²) in [4.78, 5) is 24.5. The first-order chi connectivity index (χ1) is 12.7. The first-order valence-electron chi connectivity index (χ1n) is 8.18. The molecule has 0 aliphatic carbocycles. The number of amides is 2. The molecular formula is C18H20N2O6S. The molecule has 2 amide bonds. The summed E-state index contributed by atoms with van der Waals surface area (Å²) in [5.74, 6) is 0. The first kappa shape index (κ1) is 20.2. The van der Waals surface area contributed by atoms with E-state index in [1.54, 1.807) is 13.8 Å². The van der Waals surface area contributed by atoms with Crippen LogP contribution < -0.4 is 9.80 Å². The lowest BCUT2D eigenvalue weighted by Crippen LogP contribution is -2.28. The molecule has 0 aliphatic heterocycles. The van der Waals surface area contributed by atoms with Gasteiger partial charge in [-0.2, -0.15) is 0 Å². The van der Waals surface area contributed by atoms with Gasteiger partial charge in [0.15, 0.2) is 0 Å². The van der Waals surface area contributed by atoms with Crippen LogP contribution >= 0.6 is 0 Å². The Labute approximate surface area is 157 Å². The molecule has 0 saturated heterocycles. The zero-order valence-corrected chi connectivity index (χ0v) is 15.7. The van der Waals surface area contributed by atoms with Crippen molar-refractivity contribution in [2.24, 2.45) is 0 Å². The second-order valence-corrected chi connectivity index (χ2v) is 7.49. The predicted molar refractivity (Wildman–Crippen MR) is 100 cm³/mol. The van der Waals surface area contributed by atoms with Crippen molar-refractivity contribution in [1.29, 1.82) is 0 Å². The van der Waals surface area contributed by atoms with Crippen molar-refractivity contribution in [1.82, 2.24) is 0 Å². The van der Waals surface area contributed by atoms with Gasteiger partial charge < -0.3 is 10.2 Å². The minimum absolute atomic E-state index is 0.0195. The number of carbonyl (C=O) groups is 2. The van der Waals surface area contributed by atoms with E-state index in [1.165, 1.54) is 48.5 Å². The number of benzene rings is 2. The second kappa shape index (κ2) is 8.09. The number of sulfone groups is 1. The molecule has 0 aliphatic rings. The third-order valence-electron chi connectivity index (χ3n) is 4.01. The standard InChI is InChI=1S/C18H20N2O6S/c1-3-19(17(21)22)13-5-9-15(10-6-13)27(25,26)16-11-7-14(8-12-16)20(4-2)18(23)24/h5-12H,3-4H2,1-2H3,(H,21,22)(H,23,24). The fraction of sp³-hybridized carbons (Fsp3) is 0.222. The van der Waals surface area contributed by atoms with Crippen LogP contribution in [0.3, 0.4) is 0 Å². The Hall–Kier alpha value is -3.07. The van der Waals surface area contributed by atoms with E-state index in [2.05, 4.69) is 0 Å².